The highest BCUT2D eigenvalue weighted by Crippen LogP contribution is 2.35. The molecule has 7 nitrogen and oxygen atoms in total. The molecular formula is C18H21NO6. The van der Waals surface area contributed by atoms with E-state index in [-0.39, 0.29) is 34.9 Å². The molecule has 0 fully saturated rings. The summed E-state index contributed by atoms with van der Waals surface area (Å²) in [7, 11) is 1.41. The fourth-order valence-electron chi connectivity index (χ4n) is 2.30. The third kappa shape index (κ3) is 3.77. The lowest BCUT2D eigenvalue weighted by Gasteiger charge is -2.15. The predicted molar refractivity (Wildman–Crippen MR) is 94.3 cm³/mol. The topological polar surface area (TPSA) is 90.2 Å². The average molecular weight is 347 g/mol. The first-order valence-electron chi connectivity index (χ1n) is 7.69. The van der Waals surface area contributed by atoms with Crippen LogP contribution in [0.1, 0.15) is 18.1 Å². The van der Waals surface area contributed by atoms with Crippen molar-refractivity contribution in [3.63, 3.8) is 0 Å². The van der Waals surface area contributed by atoms with Gasteiger partial charge in [-0.15, -0.1) is 0 Å². The summed E-state index contributed by atoms with van der Waals surface area (Å²) in [6, 6.07) is 3.13. The van der Waals surface area contributed by atoms with E-state index in [0.29, 0.717) is 17.6 Å². The zero-order valence-corrected chi connectivity index (χ0v) is 14.4. The Kier molecular flexibility index (Phi) is 6.08. The van der Waals surface area contributed by atoms with Crippen LogP contribution in [-0.4, -0.2) is 25.4 Å². The lowest BCUT2D eigenvalue weighted by molar-refractivity contribution is 0.132. The number of ether oxygens (including phenoxy) is 2. The van der Waals surface area contributed by atoms with Gasteiger partial charge in [-0.3, -0.25) is 10.3 Å². The van der Waals surface area contributed by atoms with E-state index in [2.05, 4.69) is 12.1 Å². The largest absolute Gasteiger partial charge is 0.508 e. The van der Waals surface area contributed by atoms with Gasteiger partial charge in [-0.1, -0.05) is 12.7 Å². The molecule has 0 saturated carbocycles. The van der Waals surface area contributed by atoms with Gasteiger partial charge >= 0.3 is 5.63 Å². The van der Waals surface area contributed by atoms with Crippen LogP contribution in [0.5, 0.6) is 11.5 Å². The summed E-state index contributed by atoms with van der Waals surface area (Å²) < 4.78 is 16.4. The maximum absolute atomic E-state index is 12.6. The Morgan fingerprint density at radius 3 is 2.84 bits per heavy atom. The minimum Gasteiger partial charge on any atom is -0.508 e. The van der Waals surface area contributed by atoms with Gasteiger partial charge in [-0.25, -0.2) is 4.79 Å². The van der Waals surface area contributed by atoms with E-state index in [1.807, 2.05) is 6.92 Å². The van der Waals surface area contributed by atoms with Crippen molar-refractivity contribution in [2.45, 2.75) is 13.8 Å². The van der Waals surface area contributed by atoms with Crippen LogP contribution in [-0.2, 0) is 9.57 Å². The lowest BCUT2D eigenvalue weighted by Crippen LogP contribution is -2.19. The van der Waals surface area contributed by atoms with E-state index >= 15 is 0 Å². The predicted octanol–water partition coefficient (Wildman–Crippen LogP) is 2.86. The van der Waals surface area contributed by atoms with Crippen molar-refractivity contribution >= 4 is 16.7 Å². The molecule has 134 valence electrons. The number of rotatable bonds is 8. The quantitative estimate of drug-likeness (QED) is 0.328. The molecule has 7 heteroatoms. The molecule has 0 aliphatic carbocycles. The molecule has 0 aliphatic heterocycles. The molecule has 0 amide bonds. The molecule has 2 aromatic rings. The van der Waals surface area contributed by atoms with Crippen LogP contribution in [0.25, 0.3) is 16.7 Å². The number of phenols is 1. The number of hydrogen-bond donors (Lipinski definition) is 2. The van der Waals surface area contributed by atoms with Crippen LogP contribution >= 0.6 is 0 Å². The van der Waals surface area contributed by atoms with Gasteiger partial charge in [0, 0.05) is 5.56 Å². The smallest absolute Gasteiger partial charge is 0.349 e. The van der Waals surface area contributed by atoms with Gasteiger partial charge in [0.25, 0.3) is 0 Å². The zero-order chi connectivity index (χ0) is 18.4. The Bertz CT molecular complexity index is 853. The summed E-state index contributed by atoms with van der Waals surface area (Å²) in [4.78, 5) is 17.5. The van der Waals surface area contributed by atoms with Crippen molar-refractivity contribution in [3.8, 4) is 11.5 Å². The van der Waals surface area contributed by atoms with Crippen LogP contribution in [0.4, 0.5) is 0 Å². The minimum absolute atomic E-state index is 0.0261. The summed E-state index contributed by atoms with van der Waals surface area (Å²) >= 11 is 0. The number of fused-ring (bicyclic) bond motifs is 1. The third-order valence-corrected chi connectivity index (χ3v) is 3.44. The highest BCUT2D eigenvalue weighted by Gasteiger charge is 2.22. The van der Waals surface area contributed by atoms with Gasteiger partial charge in [0.2, 0.25) is 0 Å². The van der Waals surface area contributed by atoms with Crippen molar-refractivity contribution in [1.82, 2.24) is 5.48 Å². The molecule has 0 saturated heterocycles. The van der Waals surface area contributed by atoms with Crippen molar-refractivity contribution < 1.29 is 23.8 Å². The standard InChI is InChI=1S/C18H21NO6/c1-5-9-24-17-12-7-8-14(20)11(3)16(12)25-18(21)15(17)13(19-22-4)10-23-6-2/h5,7-8,10,19-20H,1,6,9H2,2-4H3. The number of hydroxylamine groups is 1. The first kappa shape index (κ1) is 18.4. The normalized spacial score (nSPS) is 11.4. The number of nitrogens with one attached hydrogen (secondary N) is 1. The van der Waals surface area contributed by atoms with Crippen molar-refractivity contribution in [1.29, 1.82) is 0 Å². The van der Waals surface area contributed by atoms with Crippen molar-refractivity contribution in [2.75, 3.05) is 20.3 Å². The Morgan fingerprint density at radius 1 is 1.44 bits per heavy atom. The summed E-state index contributed by atoms with van der Waals surface area (Å²) in [6.07, 6.45) is 2.92. The van der Waals surface area contributed by atoms with Gasteiger partial charge in [-0.05, 0) is 26.0 Å². The number of phenolic OH excluding ortho intramolecular Hbond substituents is 1. The Labute approximate surface area is 145 Å². The van der Waals surface area contributed by atoms with E-state index in [9.17, 15) is 9.90 Å². The van der Waals surface area contributed by atoms with Gasteiger partial charge in [0.15, 0.2) is 0 Å². The van der Waals surface area contributed by atoms with E-state index in [1.54, 1.807) is 19.1 Å². The monoisotopic (exact) mass is 347 g/mol. The van der Waals surface area contributed by atoms with Gasteiger partial charge < -0.3 is 19.0 Å². The molecule has 0 atom stereocenters. The van der Waals surface area contributed by atoms with Crippen LogP contribution in [0.15, 0.2) is 40.3 Å². The molecule has 0 radical (unpaired) electrons. The summed E-state index contributed by atoms with van der Waals surface area (Å²) in [5.41, 5.74) is 3.02. The number of aromatic hydroxyl groups is 1. The fraction of sp³-hybridized carbons (Fsp3) is 0.278. The molecule has 1 aromatic heterocycles. The van der Waals surface area contributed by atoms with Crippen LogP contribution in [0, 0.1) is 6.92 Å². The first-order chi connectivity index (χ1) is 12.0. The van der Waals surface area contributed by atoms with Crippen LogP contribution in [0.2, 0.25) is 0 Å². The highest BCUT2D eigenvalue weighted by atomic mass is 16.6. The second kappa shape index (κ2) is 8.25. The fourth-order valence-corrected chi connectivity index (χ4v) is 2.30. The van der Waals surface area contributed by atoms with E-state index in [0.717, 1.165) is 0 Å². The van der Waals surface area contributed by atoms with Gasteiger partial charge in [0.05, 0.1) is 19.1 Å². The second-order valence-corrected chi connectivity index (χ2v) is 5.07. The molecule has 0 aliphatic rings. The SMILES string of the molecule is C=CCOc1c(C(=COCC)NOC)c(=O)oc2c(C)c(O)ccc12. The highest BCUT2D eigenvalue weighted by molar-refractivity contribution is 5.91. The van der Waals surface area contributed by atoms with E-state index in [4.69, 9.17) is 18.7 Å². The minimum atomic E-state index is -0.657. The first-order valence-corrected chi connectivity index (χ1v) is 7.69. The molecular weight excluding hydrogens is 326 g/mol. The van der Waals surface area contributed by atoms with Crippen molar-refractivity contribution in [3.05, 3.63) is 52.6 Å². The van der Waals surface area contributed by atoms with E-state index < -0.39 is 5.63 Å². The number of benzene rings is 1. The summed E-state index contributed by atoms with van der Waals surface area (Å²) in [5, 5.41) is 10.4. The molecule has 25 heavy (non-hydrogen) atoms. The summed E-state index contributed by atoms with van der Waals surface area (Å²) in [6.45, 7) is 7.68. The third-order valence-electron chi connectivity index (χ3n) is 3.44. The lowest BCUT2D eigenvalue weighted by atomic mass is 10.1. The number of aryl methyl sites for hydroxylation is 1. The molecule has 2 rings (SSSR count). The molecule has 0 spiro atoms. The molecule has 1 heterocycles. The van der Waals surface area contributed by atoms with Crippen LogP contribution < -0.4 is 15.8 Å². The maximum atomic E-state index is 12.6. The molecule has 2 N–H and O–H groups in total. The van der Waals surface area contributed by atoms with Crippen LogP contribution in [0.3, 0.4) is 0 Å². The molecule has 0 bridgehead atoms. The van der Waals surface area contributed by atoms with Crippen molar-refractivity contribution in [2.24, 2.45) is 0 Å². The molecule has 0 unspecified atom stereocenters. The average Bonchev–Trinajstić information content (AvgIpc) is 2.60. The Morgan fingerprint density at radius 2 is 2.20 bits per heavy atom. The second-order valence-electron chi connectivity index (χ2n) is 5.07. The summed E-state index contributed by atoms with van der Waals surface area (Å²) in [5.74, 6) is 0.308. The zero-order valence-electron chi connectivity index (χ0n) is 14.4. The Hall–Kier alpha value is -2.93. The maximum Gasteiger partial charge on any atom is 0.349 e. The van der Waals surface area contributed by atoms with Gasteiger partial charge in [0.1, 0.15) is 41.2 Å². The number of hydrogen-bond acceptors (Lipinski definition) is 7. The molecule has 1 aromatic carbocycles. The van der Waals surface area contributed by atoms with E-state index in [1.165, 1.54) is 19.4 Å². The van der Waals surface area contributed by atoms with Gasteiger partial charge in [-0.2, -0.15) is 0 Å². The Balaban J connectivity index is 2.81.